The van der Waals surface area contributed by atoms with Gasteiger partial charge >= 0.3 is 0 Å². The van der Waals surface area contributed by atoms with Gasteiger partial charge in [-0.3, -0.25) is 20.1 Å². The molecule has 4 rings (SSSR count). The zero-order chi connectivity index (χ0) is 15.8. The molecular formula is C19H19N3O. The molecule has 2 aliphatic heterocycles. The second-order valence-corrected chi connectivity index (χ2v) is 6.33. The number of carbonyl (C=O) groups excluding carboxylic acids is 1. The Balaban J connectivity index is 1.59. The monoisotopic (exact) mass is 305 g/mol. The number of benzene rings is 1. The van der Waals surface area contributed by atoms with Crippen molar-refractivity contribution in [3.63, 3.8) is 0 Å². The SMILES string of the molecule is Cc1cccnc1[C@H]1CC(=O)C[C@H](C2=Nc3ccccc3C2)N1. The third kappa shape index (κ3) is 2.70. The van der Waals surface area contributed by atoms with Crippen molar-refractivity contribution < 1.29 is 4.79 Å². The maximum atomic E-state index is 12.3. The van der Waals surface area contributed by atoms with Crippen molar-refractivity contribution in [2.75, 3.05) is 0 Å². The Kier molecular flexibility index (Phi) is 3.54. The molecule has 2 aromatic rings. The van der Waals surface area contributed by atoms with E-state index < -0.39 is 0 Å². The maximum Gasteiger partial charge on any atom is 0.136 e. The second kappa shape index (κ2) is 5.70. The molecule has 1 fully saturated rings. The van der Waals surface area contributed by atoms with E-state index in [2.05, 4.69) is 16.4 Å². The lowest BCUT2D eigenvalue weighted by Gasteiger charge is -2.30. The van der Waals surface area contributed by atoms with Crippen LogP contribution >= 0.6 is 0 Å². The van der Waals surface area contributed by atoms with Crippen LogP contribution in [0.15, 0.2) is 47.6 Å². The van der Waals surface area contributed by atoms with Crippen LogP contribution in [-0.2, 0) is 11.2 Å². The summed E-state index contributed by atoms with van der Waals surface area (Å²) >= 11 is 0. The molecule has 116 valence electrons. The number of nitrogens with one attached hydrogen (secondary N) is 1. The molecule has 0 bridgehead atoms. The number of rotatable bonds is 2. The first-order chi connectivity index (χ1) is 11.2. The quantitative estimate of drug-likeness (QED) is 0.927. The van der Waals surface area contributed by atoms with Crippen molar-refractivity contribution in [2.45, 2.75) is 38.3 Å². The van der Waals surface area contributed by atoms with Crippen LogP contribution < -0.4 is 5.32 Å². The normalized spacial score (nSPS) is 23.5. The van der Waals surface area contributed by atoms with Gasteiger partial charge in [-0.05, 0) is 30.2 Å². The molecular weight excluding hydrogens is 286 g/mol. The van der Waals surface area contributed by atoms with E-state index in [1.165, 1.54) is 5.56 Å². The van der Waals surface area contributed by atoms with E-state index in [0.29, 0.717) is 12.8 Å². The molecule has 1 aromatic heterocycles. The molecule has 23 heavy (non-hydrogen) atoms. The highest BCUT2D eigenvalue weighted by Gasteiger charge is 2.33. The highest BCUT2D eigenvalue weighted by molar-refractivity contribution is 6.01. The summed E-state index contributed by atoms with van der Waals surface area (Å²) in [6.07, 6.45) is 3.65. The van der Waals surface area contributed by atoms with Gasteiger partial charge in [0, 0.05) is 31.2 Å². The molecule has 2 aliphatic rings. The van der Waals surface area contributed by atoms with Gasteiger partial charge in [0.1, 0.15) is 5.78 Å². The van der Waals surface area contributed by atoms with Crippen LogP contribution in [0, 0.1) is 6.92 Å². The zero-order valence-corrected chi connectivity index (χ0v) is 13.1. The average Bonchev–Trinajstić information content (AvgIpc) is 2.99. The van der Waals surface area contributed by atoms with Gasteiger partial charge in [0.2, 0.25) is 0 Å². The summed E-state index contributed by atoms with van der Waals surface area (Å²) < 4.78 is 0. The van der Waals surface area contributed by atoms with Crippen LogP contribution in [-0.4, -0.2) is 22.5 Å². The Bertz CT molecular complexity index is 797. The first-order valence-electron chi connectivity index (χ1n) is 8.05. The van der Waals surface area contributed by atoms with Gasteiger partial charge in [-0.1, -0.05) is 24.3 Å². The van der Waals surface area contributed by atoms with E-state index in [9.17, 15) is 4.79 Å². The molecule has 0 saturated carbocycles. The molecule has 3 heterocycles. The molecule has 4 nitrogen and oxygen atoms in total. The first kappa shape index (κ1) is 14.3. The van der Waals surface area contributed by atoms with E-state index in [1.807, 2.05) is 37.3 Å². The van der Waals surface area contributed by atoms with Gasteiger partial charge in [0.05, 0.1) is 23.5 Å². The summed E-state index contributed by atoms with van der Waals surface area (Å²) in [6, 6.07) is 12.1. The minimum Gasteiger partial charge on any atom is -0.300 e. The van der Waals surface area contributed by atoms with Crippen molar-refractivity contribution in [1.82, 2.24) is 10.3 Å². The van der Waals surface area contributed by atoms with Crippen LogP contribution in [0.5, 0.6) is 0 Å². The highest BCUT2D eigenvalue weighted by atomic mass is 16.1. The van der Waals surface area contributed by atoms with Crippen molar-refractivity contribution in [3.05, 3.63) is 59.4 Å². The third-order valence-corrected chi connectivity index (χ3v) is 4.68. The molecule has 4 heteroatoms. The number of hydrogen-bond donors (Lipinski definition) is 1. The topological polar surface area (TPSA) is 54.4 Å². The van der Waals surface area contributed by atoms with Crippen molar-refractivity contribution in [3.8, 4) is 0 Å². The van der Waals surface area contributed by atoms with E-state index in [4.69, 9.17) is 4.99 Å². The number of ketones is 1. The fourth-order valence-electron chi connectivity index (χ4n) is 3.51. The number of carbonyl (C=O) groups is 1. The number of fused-ring (bicyclic) bond motifs is 1. The van der Waals surface area contributed by atoms with E-state index >= 15 is 0 Å². The van der Waals surface area contributed by atoms with Gasteiger partial charge in [-0.2, -0.15) is 0 Å². The number of aromatic nitrogens is 1. The van der Waals surface area contributed by atoms with Crippen LogP contribution in [0.2, 0.25) is 0 Å². The predicted molar refractivity (Wildman–Crippen MR) is 90.1 cm³/mol. The van der Waals surface area contributed by atoms with Crippen molar-refractivity contribution in [1.29, 1.82) is 0 Å². The molecule has 1 N–H and O–H groups in total. The zero-order valence-electron chi connectivity index (χ0n) is 13.1. The number of aliphatic imine (C=N–C) groups is 1. The van der Waals surface area contributed by atoms with Crippen molar-refractivity contribution in [2.24, 2.45) is 4.99 Å². The minimum absolute atomic E-state index is 0.00931. The van der Waals surface area contributed by atoms with Gasteiger partial charge in [0.15, 0.2) is 0 Å². The number of piperidine rings is 1. The second-order valence-electron chi connectivity index (χ2n) is 6.33. The molecule has 0 unspecified atom stereocenters. The number of para-hydroxylation sites is 1. The Morgan fingerprint density at radius 2 is 1.91 bits per heavy atom. The Morgan fingerprint density at radius 3 is 2.74 bits per heavy atom. The number of aryl methyl sites for hydroxylation is 1. The Labute approximate surface area is 135 Å². The molecule has 1 saturated heterocycles. The third-order valence-electron chi connectivity index (χ3n) is 4.68. The van der Waals surface area contributed by atoms with Gasteiger partial charge in [-0.25, -0.2) is 0 Å². The molecule has 0 radical (unpaired) electrons. The minimum atomic E-state index is -0.0196. The fraction of sp³-hybridized carbons (Fsp3) is 0.316. The lowest BCUT2D eigenvalue weighted by atomic mass is 9.90. The summed E-state index contributed by atoms with van der Waals surface area (Å²) in [7, 11) is 0. The van der Waals surface area contributed by atoms with Crippen LogP contribution in [0.1, 0.15) is 35.7 Å². The van der Waals surface area contributed by atoms with Crippen LogP contribution in [0.4, 0.5) is 5.69 Å². The number of pyridine rings is 1. The highest BCUT2D eigenvalue weighted by Crippen LogP contribution is 2.31. The van der Waals surface area contributed by atoms with E-state index in [-0.39, 0.29) is 17.9 Å². The fourth-order valence-corrected chi connectivity index (χ4v) is 3.51. The summed E-state index contributed by atoms with van der Waals surface area (Å²) in [5, 5.41) is 3.60. The van der Waals surface area contributed by atoms with E-state index in [1.54, 1.807) is 6.20 Å². The van der Waals surface area contributed by atoms with Crippen molar-refractivity contribution >= 4 is 17.2 Å². The van der Waals surface area contributed by atoms with Crippen LogP contribution in [0.3, 0.4) is 0 Å². The number of hydrogen-bond acceptors (Lipinski definition) is 4. The first-order valence-corrected chi connectivity index (χ1v) is 8.05. The summed E-state index contributed by atoms with van der Waals surface area (Å²) in [6.45, 7) is 2.04. The summed E-state index contributed by atoms with van der Waals surface area (Å²) in [4.78, 5) is 21.5. The number of nitrogens with zero attached hydrogens (tertiary/aromatic N) is 2. The lowest BCUT2D eigenvalue weighted by molar-refractivity contribution is -0.121. The molecule has 0 spiro atoms. The largest absolute Gasteiger partial charge is 0.300 e. The average molecular weight is 305 g/mol. The summed E-state index contributed by atoms with van der Waals surface area (Å²) in [5.41, 5.74) is 5.44. The van der Waals surface area contributed by atoms with Gasteiger partial charge in [0.25, 0.3) is 0 Å². The van der Waals surface area contributed by atoms with Gasteiger partial charge < -0.3 is 0 Å². The Morgan fingerprint density at radius 1 is 1.09 bits per heavy atom. The standard InChI is InChI=1S/C19H19N3O/c1-12-5-4-8-20-19(12)18-11-14(23)10-17(22-18)16-9-13-6-2-3-7-15(13)21-16/h2-8,17-18,22H,9-11H2,1H3/t17-,18-/m1/s1. The predicted octanol–water partition coefficient (Wildman–Crippen LogP) is 3.08. The molecule has 0 amide bonds. The molecule has 1 aromatic carbocycles. The lowest BCUT2D eigenvalue weighted by Crippen LogP contribution is -2.46. The van der Waals surface area contributed by atoms with Crippen LogP contribution in [0.25, 0.3) is 0 Å². The smallest absolute Gasteiger partial charge is 0.136 e. The molecule has 0 aliphatic carbocycles. The Hall–Kier alpha value is -2.33. The summed E-state index contributed by atoms with van der Waals surface area (Å²) in [5.74, 6) is 0.280. The van der Waals surface area contributed by atoms with Gasteiger partial charge in [-0.15, -0.1) is 0 Å². The maximum absolute atomic E-state index is 12.3. The number of Topliss-reactive ketones (excluding diaryl/α,β-unsaturated/α-hetero) is 1. The van der Waals surface area contributed by atoms with E-state index in [0.717, 1.165) is 29.1 Å². The molecule has 2 atom stereocenters.